The molecule has 1 heterocycles. The van der Waals surface area contributed by atoms with Crippen LogP contribution in [0.25, 0.3) is 0 Å². The number of sulfonamides is 1. The summed E-state index contributed by atoms with van der Waals surface area (Å²) in [6, 6.07) is 0. The summed E-state index contributed by atoms with van der Waals surface area (Å²) >= 11 is 2.11. The quantitative estimate of drug-likeness (QED) is 0.366. The Kier molecular flexibility index (Phi) is 8.95. The molecule has 0 aromatic carbocycles. The first-order valence-corrected chi connectivity index (χ1v) is 10.8. The van der Waals surface area contributed by atoms with Crippen LogP contribution in [0.4, 0.5) is 0 Å². The first-order valence-electron chi connectivity index (χ1n) is 8.12. The predicted octanol–water partition coefficient (Wildman–Crippen LogP) is 1.61. The summed E-state index contributed by atoms with van der Waals surface area (Å²) in [5.41, 5.74) is 0. The molecule has 2 aliphatic rings. The number of primary sulfonamides is 1. The molecule has 1 spiro atoms. The maximum absolute atomic E-state index is 11.1. The van der Waals surface area contributed by atoms with Crippen LogP contribution in [0, 0.1) is 0 Å². The van der Waals surface area contributed by atoms with Crippen molar-refractivity contribution in [2.24, 2.45) is 10.1 Å². The second-order valence-corrected chi connectivity index (χ2v) is 9.41. The third kappa shape index (κ3) is 6.95. The van der Waals surface area contributed by atoms with E-state index in [0.29, 0.717) is 4.75 Å². The van der Waals surface area contributed by atoms with E-state index in [4.69, 9.17) is 5.14 Å². The first-order chi connectivity index (χ1) is 10.4. The van der Waals surface area contributed by atoms with Gasteiger partial charge in [0.05, 0.1) is 12.3 Å². The highest BCUT2D eigenvalue weighted by molar-refractivity contribution is 14.0. The maximum Gasteiger partial charge on any atom is 0.210 e. The highest BCUT2D eigenvalue weighted by atomic mass is 127. The second-order valence-electron chi connectivity index (χ2n) is 6.12. The van der Waals surface area contributed by atoms with E-state index >= 15 is 0 Å². The summed E-state index contributed by atoms with van der Waals surface area (Å²) in [6.07, 6.45) is 6.56. The normalized spacial score (nSPS) is 21.8. The third-order valence-electron chi connectivity index (χ3n) is 4.29. The molecule has 0 atom stereocenters. The van der Waals surface area contributed by atoms with Crippen LogP contribution in [0.15, 0.2) is 4.99 Å². The fourth-order valence-electron chi connectivity index (χ4n) is 3.23. The lowest BCUT2D eigenvalue weighted by molar-refractivity contribution is 0.293. The summed E-state index contributed by atoms with van der Waals surface area (Å²) < 4.78 is 22.5. The van der Waals surface area contributed by atoms with E-state index in [1.807, 2.05) is 6.92 Å². The van der Waals surface area contributed by atoms with Crippen molar-refractivity contribution in [2.75, 3.05) is 37.7 Å². The molecule has 6 nitrogen and oxygen atoms in total. The van der Waals surface area contributed by atoms with Gasteiger partial charge in [0.15, 0.2) is 5.96 Å². The van der Waals surface area contributed by atoms with Gasteiger partial charge in [0, 0.05) is 30.1 Å². The molecule has 0 aromatic rings. The van der Waals surface area contributed by atoms with Crippen molar-refractivity contribution in [1.29, 1.82) is 0 Å². The van der Waals surface area contributed by atoms with Crippen LogP contribution < -0.4 is 10.5 Å². The van der Waals surface area contributed by atoms with Gasteiger partial charge in [0.2, 0.25) is 10.0 Å². The number of guanidine groups is 1. The number of nitrogens with zero attached hydrogens (tertiary/aromatic N) is 2. The fraction of sp³-hybridized carbons (Fsp3) is 0.929. The molecule has 2 fully saturated rings. The summed E-state index contributed by atoms with van der Waals surface area (Å²) in [5, 5.41) is 8.34. The number of hydrogen-bond acceptors (Lipinski definition) is 4. The summed E-state index contributed by atoms with van der Waals surface area (Å²) in [4.78, 5) is 6.76. The number of nitrogens with two attached hydrogens (primary N) is 1. The molecule has 1 saturated heterocycles. The van der Waals surface area contributed by atoms with Crippen molar-refractivity contribution in [3.05, 3.63) is 0 Å². The SMILES string of the molecule is CCNC(=NCCS(N)(=O)=O)N1CCSC2(CCCCC2)C1.I. The van der Waals surface area contributed by atoms with Crippen LogP contribution in [0.1, 0.15) is 39.0 Å². The van der Waals surface area contributed by atoms with E-state index in [0.717, 1.165) is 31.3 Å². The molecule has 9 heteroatoms. The van der Waals surface area contributed by atoms with Crippen molar-refractivity contribution in [3.8, 4) is 0 Å². The molecule has 23 heavy (non-hydrogen) atoms. The van der Waals surface area contributed by atoms with Crippen LogP contribution in [-0.4, -0.2) is 61.7 Å². The van der Waals surface area contributed by atoms with Crippen LogP contribution in [0.3, 0.4) is 0 Å². The van der Waals surface area contributed by atoms with Crippen molar-refractivity contribution in [3.63, 3.8) is 0 Å². The summed E-state index contributed by atoms with van der Waals surface area (Å²) in [6.45, 7) is 5.01. The monoisotopic (exact) mass is 476 g/mol. The average Bonchev–Trinajstić information content (AvgIpc) is 2.46. The van der Waals surface area contributed by atoms with Gasteiger partial charge in [0.25, 0.3) is 0 Å². The zero-order valence-corrected chi connectivity index (χ0v) is 17.8. The number of nitrogens with one attached hydrogen (secondary N) is 1. The molecular formula is C14H29IN4O2S2. The maximum atomic E-state index is 11.1. The summed E-state index contributed by atoms with van der Waals surface area (Å²) in [5.74, 6) is 1.84. The minimum Gasteiger partial charge on any atom is -0.357 e. The van der Waals surface area contributed by atoms with E-state index in [1.165, 1.54) is 32.1 Å². The molecule has 136 valence electrons. The van der Waals surface area contributed by atoms with E-state index < -0.39 is 10.0 Å². The molecule has 0 radical (unpaired) electrons. The molecule has 1 aliphatic carbocycles. The van der Waals surface area contributed by atoms with Gasteiger partial charge in [-0.1, -0.05) is 19.3 Å². The number of rotatable bonds is 4. The zero-order valence-electron chi connectivity index (χ0n) is 13.8. The van der Waals surface area contributed by atoms with Gasteiger partial charge in [-0.3, -0.25) is 4.99 Å². The molecule has 3 N–H and O–H groups in total. The number of hydrogen-bond donors (Lipinski definition) is 2. The van der Waals surface area contributed by atoms with Gasteiger partial charge in [-0.05, 0) is 19.8 Å². The molecule has 1 saturated carbocycles. The lowest BCUT2D eigenvalue weighted by atomic mass is 9.87. The Labute approximate surface area is 161 Å². The fourth-order valence-corrected chi connectivity index (χ4v) is 5.14. The van der Waals surface area contributed by atoms with Crippen LogP contribution in [0.2, 0.25) is 0 Å². The second kappa shape index (κ2) is 9.67. The Morgan fingerprint density at radius 3 is 2.65 bits per heavy atom. The number of aliphatic imine (C=N–C) groups is 1. The molecule has 2 rings (SSSR count). The van der Waals surface area contributed by atoms with Crippen molar-refractivity contribution < 1.29 is 8.42 Å². The smallest absolute Gasteiger partial charge is 0.210 e. The highest BCUT2D eigenvalue weighted by Crippen LogP contribution is 2.42. The number of halogens is 1. The van der Waals surface area contributed by atoms with Crippen LogP contribution >= 0.6 is 35.7 Å². The van der Waals surface area contributed by atoms with Gasteiger partial charge in [-0.15, -0.1) is 24.0 Å². The molecular weight excluding hydrogens is 447 g/mol. The molecule has 0 unspecified atom stereocenters. The largest absolute Gasteiger partial charge is 0.357 e. The Morgan fingerprint density at radius 1 is 1.35 bits per heavy atom. The predicted molar refractivity (Wildman–Crippen MR) is 109 cm³/mol. The Hall–Kier alpha value is 0.260. The van der Waals surface area contributed by atoms with Gasteiger partial charge in [0.1, 0.15) is 0 Å². The molecule has 0 amide bonds. The van der Waals surface area contributed by atoms with Gasteiger partial charge < -0.3 is 10.2 Å². The standard InChI is InChI=1S/C14H28N4O2S2.HI/c1-2-16-13(17-8-11-22(15,19)20)18-9-10-21-14(12-18)6-4-3-5-7-14;/h2-12H2,1H3,(H,16,17)(H2,15,19,20);1H. The molecule has 0 bridgehead atoms. The van der Waals surface area contributed by atoms with E-state index in [1.54, 1.807) is 0 Å². The van der Waals surface area contributed by atoms with Crippen molar-refractivity contribution >= 4 is 51.7 Å². The van der Waals surface area contributed by atoms with Gasteiger partial charge >= 0.3 is 0 Å². The lowest BCUT2D eigenvalue weighted by Crippen LogP contribution is -2.53. The van der Waals surface area contributed by atoms with E-state index in [9.17, 15) is 8.42 Å². The third-order valence-corrected chi connectivity index (χ3v) is 6.57. The van der Waals surface area contributed by atoms with E-state index in [2.05, 4.69) is 27.0 Å². The van der Waals surface area contributed by atoms with Gasteiger partial charge in [-0.25, -0.2) is 13.6 Å². The first kappa shape index (κ1) is 21.3. The minimum absolute atomic E-state index is 0. The van der Waals surface area contributed by atoms with Crippen molar-refractivity contribution in [2.45, 2.75) is 43.8 Å². The van der Waals surface area contributed by atoms with Crippen molar-refractivity contribution in [1.82, 2.24) is 10.2 Å². The Bertz CT molecular complexity index is 487. The topological polar surface area (TPSA) is 87.8 Å². The number of thioether (sulfide) groups is 1. The highest BCUT2D eigenvalue weighted by Gasteiger charge is 2.38. The van der Waals surface area contributed by atoms with E-state index in [-0.39, 0.29) is 36.3 Å². The van der Waals surface area contributed by atoms with Crippen LogP contribution in [-0.2, 0) is 10.0 Å². The molecule has 1 aliphatic heterocycles. The summed E-state index contributed by atoms with van der Waals surface area (Å²) in [7, 11) is -3.45. The van der Waals surface area contributed by atoms with Crippen LogP contribution in [0.5, 0.6) is 0 Å². The lowest BCUT2D eigenvalue weighted by Gasteiger charge is -2.45. The Morgan fingerprint density at radius 2 is 2.04 bits per heavy atom. The molecule has 0 aromatic heterocycles. The van der Waals surface area contributed by atoms with Gasteiger partial charge in [-0.2, -0.15) is 11.8 Å². The minimum atomic E-state index is -3.45. The Balaban J connectivity index is 0.00000264. The zero-order chi connectivity index (χ0) is 16.1. The average molecular weight is 476 g/mol.